The number of hydrogen-bond acceptors (Lipinski definition) is 5. The molecule has 1 fully saturated rings. The summed E-state index contributed by atoms with van der Waals surface area (Å²) in [6.45, 7) is 1.80. The van der Waals surface area contributed by atoms with Crippen LogP contribution in [-0.4, -0.2) is 42.3 Å². The van der Waals surface area contributed by atoms with Gasteiger partial charge in [0.25, 0.3) is 0 Å². The number of unbranched alkanes of at least 4 members (excludes halogenated alkanes) is 1. The molecular formula is C21H24O6. The van der Waals surface area contributed by atoms with E-state index in [-0.39, 0.29) is 11.9 Å². The average Bonchev–Trinajstić information content (AvgIpc) is 3.21. The highest BCUT2D eigenvalue weighted by Gasteiger charge is 2.40. The average molecular weight is 372 g/mol. The molecule has 0 radical (unpaired) electrons. The van der Waals surface area contributed by atoms with Gasteiger partial charge < -0.3 is 24.4 Å². The van der Waals surface area contributed by atoms with Gasteiger partial charge in [0.05, 0.1) is 19.8 Å². The Kier molecular flexibility index (Phi) is 6.45. The molecule has 0 aliphatic carbocycles. The molecule has 6 heteroatoms. The zero-order valence-electron chi connectivity index (χ0n) is 15.0. The van der Waals surface area contributed by atoms with E-state index in [9.17, 15) is 15.0 Å². The predicted molar refractivity (Wildman–Crippen MR) is 98.6 cm³/mol. The first-order valence-corrected chi connectivity index (χ1v) is 9.08. The molecule has 0 saturated carbocycles. The smallest absolute Gasteiger partial charge is 0.345 e. The van der Waals surface area contributed by atoms with Crippen LogP contribution in [0.5, 0.6) is 5.75 Å². The molecule has 1 aliphatic rings. The Balaban J connectivity index is 1.62. The molecule has 144 valence electrons. The number of rotatable bonds is 9. The Morgan fingerprint density at radius 2 is 1.74 bits per heavy atom. The lowest BCUT2D eigenvalue weighted by atomic mass is 9.86. The van der Waals surface area contributed by atoms with E-state index in [1.165, 1.54) is 0 Å². The van der Waals surface area contributed by atoms with Crippen LogP contribution in [0.15, 0.2) is 54.6 Å². The molecule has 6 nitrogen and oxygen atoms in total. The summed E-state index contributed by atoms with van der Waals surface area (Å²) in [4.78, 5) is 11.8. The van der Waals surface area contributed by atoms with Gasteiger partial charge in [0.2, 0.25) is 5.60 Å². The van der Waals surface area contributed by atoms with E-state index in [4.69, 9.17) is 14.2 Å². The summed E-state index contributed by atoms with van der Waals surface area (Å²) < 4.78 is 16.5. The summed E-state index contributed by atoms with van der Waals surface area (Å²) in [7, 11) is 0. The second-order valence-corrected chi connectivity index (χ2v) is 6.42. The molecular weight excluding hydrogens is 348 g/mol. The summed E-state index contributed by atoms with van der Waals surface area (Å²) in [5, 5.41) is 20.6. The third-order valence-electron chi connectivity index (χ3n) is 4.55. The minimum absolute atomic E-state index is 0.107. The van der Waals surface area contributed by atoms with Crippen molar-refractivity contribution < 1.29 is 29.2 Å². The van der Waals surface area contributed by atoms with Crippen molar-refractivity contribution in [2.75, 3.05) is 19.8 Å². The molecule has 2 aromatic carbocycles. The fraction of sp³-hybridized carbons (Fsp3) is 0.381. The summed E-state index contributed by atoms with van der Waals surface area (Å²) in [6.07, 6.45) is 2.46. The van der Waals surface area contributed by atoms with Gasteiger partial charge in [0, 0.05) is 5.56 Å². The van der Waals surface area contributed by atoms with E-state index in [0.29, 0.717) is 31.1 Å². The SMILES string of the molecule is O=C(O)C(O)(c1ccccc1)c1cccc(OCCCCC2OCCO2)c1. The van der Waals surface area contributed by atoms with Gasteiger partial charge in [-0.3, -0.25) is 0 Å². The topological polar surface area (TPSA) is 85.2 Å². The molecule has 1 atom stereocenters. The number of hydrogen-bond donors (Lipinski definition) is 2. The van der Waals surface area contributed by atoms with Gasteiger partial charge in [-0.1, -0.05) is 42.5 Å². The Hall–Kier alpha value is -2.41. The molecule has 1 heterocycles. The van der Waals surface area contributed by atoms with Crippen LogP contribution < -0.4 is 4.74 Å². The Morgan fingerprint density at radius 1 is 1.04 bits per heavy atom. The second kappa shape index (κ2) is 8.99. The lowest BCUT2D eigenvalue weighted by molar-refractivity contribution is -0.155. The zero-order chi connectivity index (χ0) is 19.1. The highest BCUT2D eigenvalue weighted by atomic mass is 16.7. The van der Waals surface area contributed by atoms with Crippen LogP contribution in [0.3, 0.4) is 0 Å². The van der Waals surface area contributed by atoms with E-state index in [1.54, 1.807) is 54.6 Å². The standard InChI is InChI=1S/C21H24O6/c22-20(23)21(24,16-7-2-1-3-8-16)17-9-6-10-18(15-17)25-12-5-4-11-19-26-13-14-27-19/h1-3,6-10,15,19,24H,4-5,11-14H2,(H,22,23). The molecule has 3 rings (SSSR count). The van der Waals surface area contributed by atoms with Crippen LogP contribution in [0.4, 0.5) is 0 Å². The maximum Gasteiger partial charge on any atom is 0.345 e. The number of aliphatic carboxylic acids is 1. The molecule has 1 saturated heterocycles. The minimum Gasteiger partial charge on any atom is -0.494 e. The van der Waals surface area contributed by atoms with Crippen LogP contribution in [0, 0.1) is 0 Å². The quantitative estimate of drug-likeness (QED) is 0.659. The number of carboxylic acids is 1. The highest BCUT2D eigenvalue weighted by Crippen LogP contribution is 2.32. The molecule has 27 heavy (non-hydrogen) atoms. The largest absolute Gasteiger partial charge is 0.494 e. The van der Waals surface area contributed by atoms with Crippen LogP contribution in [0.25, 0.3) is 0 Å². The molecule has 2 N–H and O–H groups in total. The second-order valence-electron chi connectivity index (χ2n) is 6.42. The first-order valence-electron chi connectivity index (χ1n) is 9.08. The molecule has 0 bridgehead atoms. The number of carboxylic acid groups (broad SMARTS) is 1. The third kappa shape index (κ3) is 4.66. The van der Waals surface area contributed by atoms with Gasteiger partial charge in [0.15, 0.2) is 6.29 Å². The number of benzene rings is 2. The summed E-state index contributed by atoms with van der Waals surface area (Å²) in [5.74, 6) is -0.807. The number of aliphatic hydroxyl groups is 1. The highest BCUT2D eigenvalue weighted by molar-refractivity contribution is 5.83. The Labute approximate surface area is 158 Å². The maximum absolute atomic E-state index is 11.8. The van der Waals surface area contributed by atoms with E-state index in [0.717, 1.165) is 19.3 Å². The van der Waals surface area contributed by atoms with Gasteiger partial charge in [-0.15, -0.1) is 0 Å². The van der Waals surface area contributed by atoms with Gasteiger partial charge in [0.1, 0.15) is 5.75 Å². The van der Waals surface area contributed by atoms with Crippen molar-refractivity contribution in [1.29, 1.82) is 0 Å². The molecule has 0 amide bonds. The van der Waals surface area contributed by atoms with E-state index in [1.807, 2.05) is 0 Å². The fourth-order valence-corrected chi connectivity index (χ4v) is 3.08. The Bertz CT molecular complexity index is 741. The van der Waals surface area contributed by atoms with Crippen molar-refractivity contribution in [2.24, 2.45) is 0 Å². The summed E-state index contributed by atoms with van der Waals surface area (Å²) >= 11 is 0. The van der Waals surface area contributed by atoms with Crippen molar-refractivity contribution >= 4 is 5.97 Å². The van der Waals surface area contributed by atoms with Crippen molar-refractivity contribution in [2.45, 2.75) is 31.2 Å². The summed E-state index contributed by atoms with van der Waals surface area (Å²) in [6, 6.07) is 14.9. The predicted octanol–water partition coefficient (Wildman–Crippen LogP) is 2.93. The lowest BCUT2D eigenvalue weighted by Gasteiger charge is -2.25. The van der Waals surface area contributed by atoms with Crippen molar-refractivity contribution in [1.82, 2.24) is 0 Å². The van der Waals surface area contributed by atoms with E-state index in [2.05, 4.69) is 0 Å². The maximum atomic E-state index is 11.8. The lowest BCUT2D eigenvalue weighted by Crippen LogP contribution is -2.36. The van der Waals surface area contributed by atoms with Gasteiger partial charge >= 0.3 is 5.97 Å². The van der Waals surface area contributed by atoms with Crippen molar-refractivity contribution in [3.63, 3.8) is 0 Å². The molecule has 0 aromatic heterocycles. The Morgan fingerprint density at radius 3 is 2.44 bits per heavy atom. The minimum atomic E-state index is -2.13. The van der Waals surface area contributed by atoms with Gasteiger partial charge in [-0.2, -0.15) is 0 Å². The van der Waals surface area contributed by atoms with Crippen LogP contribution in [0.2, 0.25) is 0 Å². The van der Waals surface area contributed by atoms with Gasteiger partial charge in [-0.05, 0) is 37.0 Å². The fourth-order valence-electron chi connectivity index (χ4n) is 3.08. The number of ether oxygens (including phenoxy) is 3. The van der Waals surface area contributed by atoms with E-state index >= 15 is 0 Å². The first kappa shape index (κ1) is 19.4. The normalized spacial score (nSPS) is 16.8. The van der Waals surface area contributed by atoms with Crippen LogP contribution in [0.1, 0.15) is 30.4 Å². The van der Waals surface area contributed by atoms with Crippen molar-refractivity contribution in [3.05, 3.63) is 65.7 Å². The van der Waals surface area contributed by atoms with Crippen LogP contribution >= 0.6 is 0 Å². The first-order chi connectivity index (χ1) is 13.1. The number of carbonyl (C=O) groups is 1. The third-order valence-corrected chi connectivity index (χ3v) is 4.55. The van der Waals surface area contributed by atoms with Crippen molar-refractivity contribution in [3.8, 4) is 5.75 Å². The zero-order valence-corrected chi connectivity index (χ0v) is 15.0. The molecule has 0 spiro atoms. The van der Waals surface area contributed by atoms with E-state index < -0.39 is 11.6 Å². The van der Waals surface area contributed by atoms with Crippen LogP contribution in [-0.2, 0) is 19.9 Å². The molecule has 2 aromatic rings. The monoisotopic (exact) mass is 372 g/mol. The molecule has 1 unspecified atom stereocenters. The summed E-state index contributed by atoms with van der Waals surface area (Å²) in [5.41, 5.74) is -1.57. The molecule has 1 aliphatic heterocycles. The van der Waals surface area contributed by atoms with Gasteiger partial charge in [-0.25, -0.2) is 4.79 Å².